The average molecular weight is 267 g/mol. The Hall–Kier alpha value is -2.69. The molecule has 5 nitrogen and oxygen atoms in total. The maximum absolute atomic E-state index is 11.9. The van der Waals surface area contributed by atoms with Crippen LogP contribution in [0, 0.1) is 0 Å². The normalized spacial score (nSPS) is 10.9. The first-order chi connectivity index (χ1) is 9.56. The number of hydrogen-bond donors (Lipinski definition) is 0. The van der Waals surface area contributed by atoms with Crippen LogP contribution in [0.25, 0.3) is 21.9 Å². The highest BCUT2D eigenvalue weighted by atomic mass is 16.1. The Kier molecular flexibility index (Phi) is 2.75. The van der Waals surface area contributed by atoms with E-state index >= 15 is 0 Å². The van der Waals surface area contributed by atoms with Crippen LogP contribution in [0.5, 0.6) is 0 Å². The highest BCUT2D eigenvalue weighted by Crippen LogP contribution is 2.21. The van der Waals surface area contributed by atoms with Gasteiger partial charge in [0.2, 0.25) is 0 Å². The van der Waals surface area contributed by atoms with Gasteiger partial charge in [0.25, 0.3) is 11.1 Å². The van der Waals surface area contributed by atoms with Crippen LogP contribution < -0.4 is 11.1 Å². The van der Waals surface area contributed by atoms with Crippen molar-refractivity contribution in [2.75, 3.05) is 0 Å². The van der Waals surface area contributed by atoms with E-state index in [-0.39, 0.29) is 11.1 Å². The van der Waals surface area contributed by atoms with Crippen molar-refractivity contribution in [1.29, 1.82) is 0 Å². The van der Waals surface area contributed by atoms with Gasteiger partial charge >= 0.3 is 0 Å². The Morgan fingerprint density at radius 2 is 1.75 bits per heavy atom. The zero-order valence-electron chi connectivity index (χ0n) is 11.2. The molecule has 0 saturated heterocycles. The summed E-state index contributed by atoms with van der Waals surface area (Å²) in [5.74, 6) is 0. The average Bonchev–Trinajstić information content (AvgIpc) is 2.45. The molecule has 1 aromatic carbocycles. The van der Waals surface area contributed by atoms with Gasteiger partial charge in [-0.25, -0.2) is 4.68 Å². The van der Waals surface area contributed by atoms with Crippen molar-refractivity contribution < 1.29 is 0 Å². The van der Waals surface area contributed by atoms with Gasteiger partial charge in [-0.1, -0.05) is 6.07 Å². The molecule has 20 heavy (non-hydrogen) atoms. The van der Waals surface area contributed by atoms with E-state index in [2.05, 4.69) is 5.10 Å². The van der Waals surface area contributed by atoms with Crippen LogP contribution >= 0.6 is 0 Å². The number of rotatable bonds is 1. The molecule has 0 aliphatic heterocycles. The fraction of sp³-hybridized carbons (Fsp3) is 0.133. The Morgan fingerprint density at radius 1 is 1.00 bits per heavy atom. The third-order valence-electron chi connectivity index (χ3n) is 3.38. The molecular formula is C15H13N3O2. The molecule has 0 unspecified atom stereocenters. The number of aromatic nitrogens is 3. The molecule has 0 atom stereocenters. The predicted octanol–water partition coefficient (Wildman–Crippen LogP) is 1.30. The van der Waals surface area contributed by atoms with Crippen LogP contribution in [0.4, 0.5) is 0 Å². The minimum absolute atomic E-state index is 0.0651. The van der Waals surface area contributed by atoms with Gasteiger partial charge in [-0.15, -0.1) is 0 Å². The van der Waals surface area contributed by atoms with Gasteiger partial charge in [0.15, 0.2) is 0 Å². The van der Waals surface area contributed by atoms with E-state index in [0.29, 0.717) is 5.39 Å². The summed E-state index contributed by atoms with van der Waals surface area (Å²) in [5, 5.41) is 5.40. The molecule has 0 bridgehead atoms. The van der Waals surface area contributed by atoms with E-state index in [9.17, 15) is 9.59 Å². The molecule has 0 aliphatic rings. The summed E-state index contributed by atoms with van der Waals surface area (Å²) in [6, 6.07) is 8.94. The van der Waals surface area contributed by atoms with Gasteiger partial charge < -0.3 is 4.57 Å². The van der Waals surface area contributed by atoms with Crippen LogP contribution in [0.15, 0.2) is 52.3 Å². The zero-order chi connectivity index (χ0) is 14.3. The first-order valence-corrected chi connectivity index (χ1v) is 6.19. The van der Waals surface area contributed by atoms with Gasteiger partial charge in [-0.3, -0.25) is 9.59 Å². The molecule has 0 spiro atoms. The van der Waals surface area contributed by atoms with Crippen LogP contribution in [0.1, 0.15) is 0 Å². The summed E-state index contributed by atoms with van der Waals surface area (Å²) in [5.41, 5.74) is 1.53. The Balaban J connectivity index is 2.23. The zero-order valence-corrected chi connectivity index (χ0v) is 11.2. The molecule has 0 radical (unpaired) electrons. The molecule has 2 aromatic heterocycles. The fourth-order valence-corrected chi connectivity index (χ4v) is 2.15. The lowest BCUT2D eigenvalue weighted by Gasteiger charge is -2.05. The lowest BCUT2D eigenvalue weighted by atomic mass is 10.0. The van der Waals surface area contributed by atoms with E-state index in [1.165, 1.54) is 9.25 Å². The fourth-order valence-electron chi connectivity index (χ4n) is 2.15. The summed E-state index contributed by atoms with van der Waals surface area (Å²) in [6.45, 7) is 0. The topological polar surface area (TPSA) is 56.9 Å². The molecule has 100 valence electrons. The Morgan fingerprint density at radius 3 is 2.50 bits per heavy atom. The molecule has 3 rings (SSSR count). The molecular weight excluding hydrogens is 254 g/mol. The highest BCUT2D eigenvalue weighted by Gasteiger charge is 2.05. The third kappa shape index (κ3) is 1.93. The minimum Gasteiger partial charge on any atom is -0.319 e. The summed E-state index contributed by atoms with van der Waals surface area (Å²) < 4.78 is 2.82. The monoisotopic (exact) mass is 267 g/mol. The highest BCUT2D eigenvalue weighted by molar-refractivity contribution is 5.85. The Labute approximate surface area is 114 Å². The van der Waals surface area contributed by atoms with E-state index < -0.39 is 0 Å². The quantitative estimate of drug-likeness (QED) is 0.667. The molecule has 5 heteroatoms. The number of benzene rings is 1. The van der Waals surface area contributed by atoms with Crippen LogP contribution in [0.2, 0.25) is 0 Å². The maximum atomic E-state index is 11.9. The van der Waals surface area contributed by atoms with Gasteiger partial charge in [-0.05, 0) is 29.3 Å². The van der Waals surface area contributed by atoms with Crippen LogP contribution in [0.3, 0.4) is 0 Å². The maximum Gasteiger partial charge on any atom is 0.274 e. The van der Waals surface area contributed by atoms with Crippen molar-refractivity contribution in [1.82, 2.24) is 14.3 Å². The summed E-state index contributed by atoms with van der Waals surface area (Å²) in [7, 11) is 3.33. The van der Waals surface area contributed by atoms with Crippen molar-refractivity contribution in [3.8, 4) is 11.1 Å². The number of pyridine rings is 1. The van der Waals surface area contributed by atoms with E-state index in [1.54, 1.807) is 38.6 Å². The van der Waals surface area contributed by atoms with Crippen molar-refractivity contribution in [2.24, 2.45) is 14.1 Å². The third-order valence-corrected chi connectivity index (χ3v) is 3.38. The van der Waals surface area contributed by atoms with Gasteiger partial charge in [0.1, 0.15) is 0 Å². The predicted molar refractivity (Wildman–Crippen MR) is 77.7 cm³/mol. The number of nitrogens with zero attached hydrogens (tertiary/aromatic N) is 3. The first-order valence-electron chi connectivity index (χ1n) is 6.19. The summed E-state index contributed by atoms with van der Waals surface area (Å²) in [6.07, 6.45) is 3.38. The standard InChI is InChI=1S/C15H13N3O2/c1-17-6-5-11(8-14(17)19)10-3-4-13-12(7-10)9-16-18(2)15(13)20/h3-9H,1-2H3. The largest absolute Gasteiger partial charge is 0.319 e. The molecule has 0 aliphatic carbocycles. The van der Waals surface area contributed by atoms with Gasteiger partial charge in [0.05, 0.1) is 11.6 Å². The second kappa shape index (κ2) is 4.45. The Bertz CT molecular complexity index is 922. The van der Waals surface area contributed by atoms with Crippen LogP contribution in [-0.2, 0) is 14.1 Å². The molecule has 2 heterocycles. The smallest absolute Gasteiger partial charge is 0.274 e. The van der Waals surface area contributed by atoms with E-state index in [4.69, 9.17) is 0 Å². The molecule has 0 fully saturated rings. The second-order valence-electron chi connectivity index (χ2n) is 4.74. The number of aryl methyl sites for hydroxylation is 2. The van der Waals surface area contributed by atoms with E-state index in [1.807, 2.05) is 18.2 Å². The molecule has 0 saturated carbocycles. The SMILES string of the molecule is Cn1ccc(-c2ccc3c(=O)n(C)ncc3c2)cc1=O. The van der Waals surface area contributed by atoms with Crippen molar-refractivity contribution >= 4 is 10.8 Å². The lowest BCUT2D eigenvalue weighted by Crippen LogP contribution is -2.18. The first kappa shape index (κ1) is 12.3. The second-order valence-corrected chi connectivity index (χ2v) is 4.74. The van der Waals surface area contributed by atoms with Crippen molar-refractivity contribution in [3.05, 3.63) is 63.4 Å². The summed E-state index contributed by atoms with van der Waals surface area (Å²) >= 11 is 0. The molecule has 0 N–H and O–H groups in total. The number of fused-ring (bicyclic) bond motifs is 1. The van der Waals surface area contributed by atoms with Crippen molar-refractivity contribution in [2.45, 2.75) is 0 Å². The van der Waals surface area contributed by atoms with Gasteiger partial charge in [0, 0.05) is 31.7 Å². The number of hydrogen-bond acceptors (Lipinski definition) is 3. The molecule has 0 amide bonds. The van der Waals surface area contributed by atoms with Crippen LogP contribution in [-0.4, -0.2) is 14.3 Å². The van der Waals surface area contributed by atoms with Crippen molar-refractivity contribution in [3.63, 3.8) is 0 Å². The molecule has 3 aromatic rings. The van der Waals surface area contributed by atoms with E-state index in [0.717, 1.165) is 16.5 Å². The minimum atomic E-state index is -0.127. The summed E-state index contributed by atoms with van der Waals surface area (Å²) in [4.78, 5) is 23.6. The van der Waals surface area contributed by atoms with Gasteiger partial charge in [-0.2, -0.15) is 5.10 Å². The lowest BCUT2D eigenvalue weighted by molar-refractivity contribution is 0.718.